The Kier molecular flexibility index (Phi) is 2.95. The predicted octanol–water partition coefficient (Wildman–Crippen LogP) is 1.63. The predicted molar refractivity (Wildman–Crippen MR) is 70.2 cm³/mol. The Bertz CT molecular complexity index is 538. The summed E-state index contributed by atoms with van der Waals surface area (Å²) in [6.45, 7) is -0.180. The van der Waals surface area contributed by atoms with Crippen molar-refractivity contribution < 1.29 is 14.7 Å². The molecule has 98 valence electrons. The van der Waals surface area contributed by atoms with Crippen molar-refractivity contribution in [2.45, 2.75) is 19.4 Å². The highest BCUT2D eigenvalue weighted by molar-refractivity contribution is 6.22. The molecule has 3 rings (SSSR count). The average Bonchev–Trinajstić information content (AvgIpc) is 2.71. The minimum Gasteiger partial charge on any atom is -0.392 e. The standard InChI is InChI=1S/C15H15NO3/c17-9-10-5-1-4-8-13(10)16-14(18)11-6-2-3-7-12(11)15(16)19/h1-5,8,11-12,17H,6-7,9H2. The lowest BCUT2D eigenvalue weighted by molar-refractivity contribution is -0.122. The van der Waals surface area contributed by atoms with Crippen molar-refractivity contribution in [2.75, 3.05) is 4.90 Å². The molecule has 1 aliphatic heterocycles. The van der Waals surface area contributed by atoms with Crippen LogP contribution in [0.4, 0.5) is 5.69 Å². The monoisotopic (exact) mass is 257 g/mol. The maximum atomic E-state index is 12.4. The number of benzene rings is 1. The molecule has 0 aromatic heterocycles. The van der Waals surface area contributed by atoms with Crippen molar-refractivity contribution in [3.8, 4) is 0 Å². The maximum absolute atomic E-state index is 12.4. The fraction of sp³-hybridized carbons (Fsp3) is 0.333. The summed E-state index contributed by atoms with van der Waals surface area (Å²) in [4.78, 5) is 26.1. The van der Waals surface area contributed by atoms with E-state index >= 15 is 0 Å². The third-order valence-electron chi connectivity index (χ3n) is 3.91. The molecule has 1 aromatic carbocycles. The highest BCUT2D eigenvalue weighted by atomic mass is 16.3. The maximum Gasteiger partial charge on any atom is 0.238 e. The lowest BCUT2D eigenvalue weighted by Gasteiger charge is -2.17. The molecule has 4 heteroatoms. The van der Waals surface area contributed by atoms with Gasteiger partial charge < -0.3 is 5.11 Å². The average molecular weight is 257 g/mol. The van der Waals surface area contributed by atoms with Gasteiger partial charge in [0.05, 0.1) is 24.1 Å². The van der Waals surface area contributed by atoms with Crippen LogP contribution < -0.4 is 4.90 Å². The third-order valence-corrected chi connectivity index (χ3v) is 3.91. The molecular formula is C15H15NO3. The largest absolute Gasteiger partial charge is 0.392 e. The van der Waals surface area contributed by atoms with Crippen molar-refractivity contribution in [2.24, 2.45) is 11.8 Å². The first-order valence-electron chi connectivity index (χ1n) is 6.45. The van der Waals surface area contributed by atoms with Gasteiger partial charge in [-0.05, 0) is 18.9 Å². The molecule has 1 N–H and O–H groups in total. The fourth-order valence-corrected chi connectivity index (χ4v) is 2.90. The van der Waals surface area contributed by atoms with E-state index in [0.29, 0.717) is 24.1 Å². The fourth-order valence-electron chi connectivity index (χ4n) is 2.90. The van der Waals surface area contributed by atoms with E-state index in [0.717, 1.165) is 0 Å². The number of fused-ring (bicyclic) bond motifs is 1. The molecule has 0 bridgehead atoms. The summed E-state index contributed by atoms with van der Waals surface area (Å²) in [5.74, 6) is -0.742. The SMILES string of the molecule is O=C1C2CC=CCC2C(=O)N1c1ccccc1CO. The number of carbonyl (C=O) groups excluding carboxylic acids is 2. The summed E-state index contributed by atoms with van der Waals surface area (Å²) in [5, 5.41) is 9.35. The van der Waals surface area contributed by atoms with Gasteiger partial charge in [0.15, 0.2) is 0 Å². The number of allylic oxidation sites excluding steroid dienone is 2. The van der Waals surface area contributed by atoms with Crippen LogP contribution in [-0.4, -0.2) is 16.9 Å². The molecule has 1 heterocycles. The first-order valence-corrected chi connectivity index (χ1v) is 6.45. The van der Waals surface area contributed by atoms with Crippen molar-refractivity contribution in [3.63, 3.8) is 0 Å². The van der Waals surface area contributed by atoms with Gasteiger partial charge in [-0.15, -0.1) is 0 Å². The number of rotatable bonds is 2. The number of hydrogen-bond acceptors (Lipinski definition) is 3. The molecule has 1 saturated heterocycles. The number of anilines is 1. The van der Waals surface area contributed by atoms with Gasteiger partial charge in [0, 0.05) is 5.56 Å². The normalized spacial score (nSPS) is 25.8. The Morgan fingerprint density at radius 3 is 2.21 bits per heavy atom. The smallest absolute Gasteiger partial charge is 0.238 e. The Hall–Kier alpha value is -1.94. The van der Waals surface area contributed by atoms with Crippen molar-refractivity contribution >= 4 is 17.5 Å². The molecule has 1 fully saturated rings. The van der Waals surface area contributed by atoms with Gasteiger partial charge in [-0.25, -0.2) is 4.90 Å². The number of para-hydroxylation sites is 1. The van der Waals surface area contributed by atoms with Gasteiger partial charge in [0.2, 0.25) is 11.8 Å². The van der Waals surface area contributed by atoms with E-state index < -0.39 is 0 Å². The number of amides is 2. The summed E-state index contributed by atoms with van der Waals surface area (Å²) in [6.07, 6.45) is 5.20. The van der Waals surface area contributed by atoms with Crippen molar-refractivity contribution in [1.82, 2.24) is 0 Å². The lowest BCUT2D eigenvalue weighted by Crippen LogP contribution is -2.31. The van der Waals surface area contributed by atoms with Crippen LogP contribution in [0.3, 0.4) is 0 Å². The second kappa shape index (κ2) is 4.63. The van der Waals surface area contributed by atoms with Gasteiger partial charge in [-0.3, -0.25) is 9.59 Å². The summed E-state index contributed by atoms with van der Waals surface area (Å²) in [7, 11) is 0. The van der Waals surface area contributed by atoms with Crippen LogP contribution in [0.15, 0.2) is 36.4 Å². The molecular weight excluding hydrogens is 242 g/mol. The number of aliphatic hydroxyl groups excluding tert-OH is 1. The third kappa shape index (κ3) is 1.79. The molecule has 4 nitrogen and oxygen atoms in total. The minimum atomic E-state index is -0.232. The van der Waals surface area contributed by atoms with Crippen LogP contribution >= 0.6 is 0 Å². The van der Waals surface area contributed by atoms with E-state index in [1.165, 1.54) is 4.90 Å². The first-order chi connectivity index (χ1) is 9.24. The van der Waals surface area contributed by atoms with Crippen LogP contribution in [0, 0.1) is 11.8 Å². The van der Waals surface area contributed by atoms with Crippen LogP contribution in [0.5, 0.6) is 0 Å². The van der Waals surface area contributed by atoms with E-state index in [1.54, 1.807) is 24.3 Å². The number of imide groups is 1. The van der Waals surface area contributed by atoms with E-state index in [4.69, 9.17) is 0 Å². The Labute approximate surface area is 111 Å². The Balaban J connectivity index is 2.02. The first kappa shape index (κ1) is 12.1. The summed E-state index contributed by atoms with van der Waals surface area (Å²) < 4.78 is 0. The van der Waals surface area contributed by atoms with E-state index in [9.17, 15) is 14.7 Å². The van der Waals surface area contributed by atoms with Crippen LogP contribution in [0.1, 0.15) is 18.4 Å². The van der Waals surface area contributed by atoms with Crippen LogP contribution in [-0.2, 0) is 16.2 Å². The highest BCUT2D eigenvalue weighted by Gasteiger charge is 2.48. The van der Waals surface area contributed by atoms with E-state index in [2.05, 4.69) is 0 Å². The van der Waals surface area contributed by atoms with E-state index in [1.807, 2.05) is 12.2 Å². The molecule has 19 heavy (non-hydrogen) atoms. The molecule has 2 atom stereocenters. The van der Waals surface area contributed by atoms with Gasteiger partial charge >= 0.3 is 0 Å². The molecule has 0 radical (unpaired) electrons. The number of carbonyl (C=O) groups is 2. The van der Waals surface area contributed by atoms with Gasteiger partial charge in [-0.2, -0.15) is 0 Å². The quantitative estimate of drug-likeness (QED) is 0.647. The Morgan fingerprint density at radius 1 is 1.05 bits per heavy atom. The molecule has 1 aromatic rings. The number of aliphatic hydroxyl groups is 1. The van der Waals surface area contributed by atoms with Crippen molar-refractivity contribution in [1.29, 1.82) is 0 Å². The second-order valence-electron chi connectivity index (χ2n) is 4.95. The zero-order valence-corrected chi connectivity index (χ0v) is 10.5. The zero-order valence-electron chi connectivity index (χ0n) is 10.5. The number of nitrogens with zero attached hydrogens (tertiary/aromatic N) is 1. The summed E-state index contributed by atoms with van der Waals surface area (Å²) in [5.41, 5.74) is 1.13. The second-order valence-corrected chi connectivity index (χ2v) is 4.95. The highest BCUT2D eigenvalue weighted by Crippen LogP contribution is 2.38. The Morgan fingerprint density at radius 2 is 1.63 bits per heavy atom. The van der Waals surface area contributed by atoms with Crippen molar-refractivity contribution in [3.05, 3.63) is 42.0 Å². The molecule has 0 saturated carbocycles. The zero-order chi connectivity index (χ0) is 13.4. The topological polar surface area (TPSA) is 57.6 Å². The molecule has 1 aliphatic carbocycles. The summed E-state index contributed by atoms with van der Waals surface area (Å²) >= 11 is 0. The van der Waals surface area contributed by atoms with Gasteiger partial charge in [0.1, 0.15) is 0 Å². The molecule has 2 aliphatic rings. The van der Waals surface area contributed by atoms with E-state index in [-0.39, 0.29) is 30.3 Å². The molecule has 0 spiro atoms. The van der Waals surface area contributed by atoms with Crippen LogP contribution in [0.25, 0.3) is 0 Å². The number of hydrogen-bond donors (Lipinski definition) is 1. The minimum absolute atomic E-state index is 0.139. The van der Waals surface area contributed by atoms with Crippen LogP contribution in [0.2, 0.25) is 0 Å². The van der Waals surface area contributed by atoms with Gasteiger partial charge in [-0.1, -0.05) is 30.4 Å². The summed E-state index contributed by atoms with van der Waals surface area (Å²) in [6, 6.07) is 7.01. The lowest BCUT2D eigenvalue weighted by atomic mass is 9.85. The molecule has 2 unspecified atom stereocenters. The molecule has 2 amide bonds. The van der Waals surface area contributed by atoms with Gasteiger partial charge in [0.25, 0.3) is 0 Å².